The summed E-state index contributed by atoms with van der Waals surface area (Å²) in [6, 6.07) is 2.36. The average Bonchev–Trinajstić information content (AvgIpc) is 2.25. The van der Waals surface area contributed by atoms with Crippen LogP contribution in [-0.2, 0) is 9.53 Å². The highest BCUT2D eigenvalue weighted by Gasteiger charge is 2.18. The molecule has 0 aliphatic carbocycles. The number of phenols is 1. The fraction of sp³-hybridized carbons (Fsp3) is 0.300. The molecular weight excluding hydrogens is 253 g/mol. The van der Waals surface area contributed by atoms with E-state index >= 15 is 0 Å². The maximum atomic E-state index is 11.0. The Labute approximate surface area is 103 Å². The normalized spacial score (nSPS) is 12.2. The van der Waals surface area contributed by atoms with E-state index < -0.39 is 12.0 Å². The lowest BCUT2D eigenvalue weighted by molar-refractivity contribution is -0.141. The highest BCUT2D eigenvalue weighted by molar-refractivity contribution is 6.43. The zero-order chi connectivity index (χ0) is 12.3. The van der Waals surface area contributed by atoms with E-state index in [1.54, 1.807) is 0 Å². The van der Waals surface area contributed by atoms with Crippen molar-refractivity contribution in [3.8, 4) is 5.75 Å². The molecule has 0 aromatic heterocycles. The number of benzene rings is 1. The Bertz CT molecular complexity index is 409. The van der Waals surface area contributed by atoms with E-state index in [1.165, 1.54) is 19.2 Å². The van der Waals surface area contributed by atoms with Gasteiger partial charge in [0.25, 0.3) is 0 Å². The summed E-state index contributed by atoms with van der Waals surface area (Å²) in [6.45, 7) is 0. The summed E-state index contributed by atoms with van der Waals surface area (Å²) in [6.07, 6.45) is -0.0397. The van der Waals surface area contributed by atoms with Gasteiger partial charge in [-0.05, 0) is 6.07 Å². The monoisotopic (exact) mass is 263 g/mol. The van der Waals surface area contributed by atoms with Gasteiger partial charge in [0, 0.05) is 11.6 Å². The van der Waals surface area contributed by atoms with Crippen LogP contribution in [0.15, 0.2) is 12.1 Å². The van der Waals surface area contributed by atoms with Crippen molar-refractivity contribution < 1.29 is 14.6 Å². The Kier molecular flexibility index (Phi) is 4.41. The third kappa shape index (κ3) is 2.78. The summed E-state index contributed by atoms with van der Waals surface area (Å²) in [5.74, 6) is -0.663. The van der Waals surface area contributed by atoms with Gasteiger partial charge in [-0.2, -0.15) is 0 Å². The van der Waals surface area contributed by atoms with Gasteiger partial charge in [-0.3, -0.25) is 4.79 Å². The van der Waals surface area contributed by atoms with Crippen molar-refractivity contribution in [2.45, 2.75) is 12.5 Å². The van der Waals surface area contributed by atoms with Crippen molar-refractivity contribution >= 4 is 29.2 Å². The minimum Gasteiger partial charge on any atom is -0.506 e. The first-order valence-electron chi connectivity index (χ1n) is 4.46. The van der Waals surface area contributed by atoms with Crippen LogP contribution in [0.2, 0.25) is 10.0 Å². The van der Waals surface area contributed by atoms with Gasteiger partial charge < -0.3 is 15.6 Å². The van der Waals surface area contributed by atoms with Crippen molar-refractivity contribution in [3.05, 3.63) is 27.7 Å². The quantitative estimate of drug-likeness (QED) is 0.821. The summed E-state index contributed by atoms with van der Waals surface area (Å²) in [4.78, 5) is 11.0. The zero-order valence-corrected chi connectivity index (χ0v) is 10.0. The number of nitrogens with two attached hydrogens (primary N) is 1. The molecule has 0 amide bonds. The molecule has 0 aliphatic heterocycles. The number of carbonyl (C=O) groups excluding carboxylic acids is 1. The average molecular weight is 264 g/mol. The van der Waals surface area contributed by atoms with E-state index in [9.17, 15) is 9.90 Å². The molecule has 6 heteroatoms. The zero-order valence-electron chi connectivity index (χ0n) is 8.54. The molecule has 1 aromatic carbocycles. The van der Waals surface area contributed by atoms with E-state index in [1.807, 2.05) is 0 Å². The van der Waals surface area contributed by atoms with Gasteiger partial charge in [0.05, 0.1) is 18.6 Å². The number of phenolic OH excluding ortho intramolecular Hbond substituents is 1. The number of ether oxygens (including phenoxy) is 1. The number of methoxy groups -OCH3 is 1. The number of hydrogen-bond donors (Lipinski definition) is 2. The van der Waals surface area contributed by atoms with Gasteiger partial charge in [-0.25, -0.2) is 0 Å². The molecule has 0 fully saturated rings. The molecule has 88 valence electrons. The van der Waals surface area contributed by atoms with Crippen molar-refractivity contribution in [2.24, 2.45) is 5.73 Å². The van der Waals surface area contributed by atoms with E-state index in [2.05, 4.69) is 4.74 Å². The van der Waals surface area contributed by atoms with Crippen LogP contribution in [-0.4, -0.2) is 18.2 Å². The van der Waals surface area contributed by atoms with Crippen molar-refractivity contribution in [1.29, 1.82) is 0 Å². The Morgan fingerprint density at radius 1 is 1.56 bits per heavy atom. The highest BCUT2D eigenvalue weighted by atomic mass is 35.5. The van der Waals surface area contributed by atoms with Crippen LogP contribution >= 0.6 is 23.2 Å². The number of hydrogen-bond acceptors (Lipinski definition) is 4. The SMILES string of the molecule is COC(=O)C[C@H](N)c1ccc(Cl)c(Cl)c1O. The predicted molar refractivity (Wildman–Crippen MR) is 61.7 cm³/mol. The Hall–Kier alpha value is -0.970. The summed E-state index contributed by atoms with van der Waals surface area (Å²) >= 11 is 11.4. The van der Waals surface area contributed by atoms with Gasteiger partial charge in [-0.15, -0.1) is 0 Å². The minimum atomic E-state index is -0.679. The molecule has 0 heterocycles. The largest absolute Gasteiger partial charge is 0.506 e. The number of aromatic hydroxyl groups is 1. The van der Waals surface area contributed by atoms with E-state index in [0.717, 1.165) is 0 Å². The highest BCUT2D eigenvalue weighted by Crippen LogP contribution is 2.37. The second kappa shape index (κ2) is 5.39. The molecule has 1 atom stereocenters. The first-order chi connectivity index (χ1) is 7.47. The van der Waals surface area contributed by atoms with Crippen molar-refractivity contribution in [1.82, 2.24) is 0 Å². The molecule has 1 aromatic rings. The van der Waals surface area contributed by atoms with Crippen LogP contribution in [0.3, 0.4) is 0 Å². The first-order valence-corrected chi connectivity index (χ1v) is 5.22. The molecule has 0 aliphatic rings. The Balaban J connectivity index is 2.96. The van der Waals surface area contributed by atoms with Crippen LogP contribution in [0.1, 0.15) is 18.0 Å². The summed E-state index contributed by atoms with van der Waals surface area (Å²) in [5.41, 5.74) is 6.09. The van der Waals surface area contributed by atoms with Gasteiger partial charge in [0.2, 0.25) is 0 Å². The molecule has 0 saturated heterocycles. The fourth-order valence-electron chi connectivity index (χ4n) is 1.23. The Morgan fingerprint density at radius 2 is 2.19 bits per heavy atom. The van der Waals surface area contributed by atoms with Crippen molar-refractivity contribution in [3.63, 3.8) is 0 Å². The lowest BCUT2D eigenvalue weighted by atomic mass is 10.0. The first kappa shape index (κ1) is 13.1. The lowest BCUT2D eigenvalue weighted by Gasteiger charge is -2.13. The number of halogens is 2. The molecule has 1 rings (SSSR count). The van der Waals surface area contributed by atoms with E-state index in [4.69, 9.17) is 28.9 Å². The molecule has 16 heavy (non-hydrogen) atoms. The van der Waals surface area contributed by atoms with Gasteiger partial charge in [0.1, 0.15) is 10.8 Å². The van der Waals surface area contributed by atoms with Crippen molar-refractivity contribution in [2.75, 3.05) is 7.11 Å². The molecule has 0 unspecified atom stereocenters. The van der Waals surface area contributed by atoms with Crippen LogP contribution in [0.4, 0.5) is 0 Å². The number of esters is 1. The maximum Gasteiger partial charge on any atom is 0.307 e. The molecular formula is C10H11Cl2NO3. The number of rotatable bonds is 3. The molecule has 0 spiro atoms. The van der Waals surface area contributed by atoms with Gasteiger partial charge in [0.15, 0.2) is 0 Å². The lowest BCUT2D eigenvalue weighted by Crippen LogP contribution is -2.16. The smallest absolute Gasteiger partial charge is 0.307 e. The third-order valence-corrected chi connectivity index (χ3v) is 2.91. The predicted octanol–water partition coefficient (Wildman–Crippen LogP) is 2.26. The molecule has 0 bridgehead atoms. The second-order valence-corrected chi connectivity index (χ2v) is 3.97. The summed E-state index contributed by atoms with van der Waals surface area (Å²) < 4.78 is 4.48. The van der Waals surface area contributed by atoms with Gasteiger partial charge in [-0.1, -0.05) is 29.3 Å². The topological polar surface area (TPSA) is 72.5 Å². The van der Waals surface area contributed by atoms with Crippen LogP contribution in [0, 0.1) is 0 Å². The van der Waals surface area contributed by atoms with Crippen LogP contribution < -0.4 is 5.73 Å². The molecule has 3 N–H and O–H groups in total. The maximum absolute atomic E-state index is 11.0. The third-order valence-electron chi connectivity index (χ3n) is 2.11. The van der Waals surface area contributed by atoms with Gasteiger partial charge >= 0.3 is 5.97 Å². The second-order valence-electron chi connectivity index (χ2n) is 3.19. The Morgan fingerprint density at radius 3 is 2.75 bits per heavy atom. The molecule has 4 nitrogen and oxygen atoms in total. The standard InChI is InChI=1S/C10H11Cl2NO3/c1-16-8(14)4-7(13)5-2-3-6(11)9(12)10(5)15/h2-3,7,15H,4,13H2,1H3/t7-/m0/s1. The van der Waals surface area contributed by atoms with E-state index in [0.29, 0.717) is 5.56 Å². The molecule has 0 saturated carbocycles. The summed E-state index contributed by atoms with van der Waals surface area (Å²) in [7, 11) is 1.27. The number of carbonyl (C=O) groups is 1. The fourth-order valence-corrected chi connectivity index (χ4v) is 1.55. The van der Waals surface area contributed by atoms with Crippen LogP contribution in [0.5, 0.6) is 5.75 Å². The van der Waals surface area contributed by atoms with E-state index in [-0.39, 0.29) is 22.2 Å². The molecule has 0 radical (unpaired) electrons. The van der Waals surface area contributed by atoms with Crippen LogP contribution in [0.25, 0.3) is 0 Å². The minimum absolute atomic E-state index is 0.0273. The summed E-state index contributed by atoms with van der Waals surface area (Å²) in [5, 5.41) is 9.94.